The fourth-order valence-corrected chi connectivity index (χ4v) is 5.60. The zero-order chi connectivity index (χ0) is 22.1. The third kappa shape index (κ3) is 4.93. The SMILES string of the molecule is Cn1nnnc1SCC1=C(C(=O)[O-])N2C(=O)[C@@H](Nc3cc[n+](CC(=O)[O-])cc3)[C@H]2SC1.[Na+]. The first-order valence-corrected chi connectivity index (χ1v) is 11.1. The van der Waals surface area contributed by atoms with Crippen molar-refractivity contribution < 1.29 is 58.7 Å². The quantitative estimate of drug-likeness (QED) is 0.164. The molecule has 0 unspecified atom stereocenters. The zero-order valence-corrected chi connectivity index (χ0v) is 20.8. The molecule has 15 heteroatoms. The van der Waals surface area contributed by atoms with E-state index in [9.17, 15) is 24.6 Å². The first-order chi connectivity index (χ1) is 14.8. The van der Waals surface area contributed by atoms with Gasteiger partial charge in [-0.2, -0.15) is 4.57 Å². The van der Waals surface area contributed by atoms with Crippen LogP contribution in [0.5, 0.6) is 0 Å². The van der Waals surface area contributed by atoms with Gasteiger partial charge in [0.2, 0.25) is 5.16 Å². The van der Waals surface area contributed by atoms with E-state index in [0.717, 1.165) is 0 Å². The molecule has 0 saturated carbocycles. The molecule has 0 radical (unpaired) electrons. The number of carbonyl (C=O) groups excluding carboxylic acids is 3. The fraction of sp³-hybridized carbons (Fsp3) is 0.353. The summed E-state index contributed by atoms with van der Waals surface area (Å²) in [5, 5.41) is 36.8. The molecule has 12 nitrogen and oxygen atoms in total. The third-order valence-electron chi connectivity index (χ3n) is 4.72. The van der Waals surface area contributed by atoms with Crippen LogP contribution in [0.3, 0.4) is 0 Å². The Morgan fingerprint density at radius 2 is 2.06 bits per heavy atom. The number of nitrogens with one attached hydrogen (secondary N) is 1. The van der Waals surface area contributed by atoms with Crippen LogP contribution in [-0.4, -0.2) is 65.9 Å². The van der Waals surface area contributed by atoms with Gasteiger partial charge in [0.15, 0.2) is 18.9 Å². The monoisotopic (exact) mass is 485 g/mol. The van der Waals surface area contributed by atoms with E-state index in [-0.39, 0.29) is 53.1 Å². The number of thioether (sulfide) groups is 2. The second-order valence-corrected chi connectivity index (χ2v) is 8.82. The van der Waals surface area contributed by atoms with Gasteiger partial charge in [-0.15, -0.1) is 16.9 Å². The van der Waals surface area contributed by atoms with Gasteiger partial charge in [-0.05, 0) is 16.0 Å². The van der Waals surface area contributed by atoms with Gasteiger partial charge in [-0.3, -0.25) is 9.69 Å². The van der Waals surface area contributed by atoms with E-state index >= 15 is 0 Å². The molecule has 0 aromatic carbocycles. The summed E-state index contributed by atoms with van der Waals surface area (Å²) in [4.78, 5) is 36.5. The maximum Gasteiger partial charge on any atom is 1.00 e. The Hall–Kier alpha value is -2.13. The standard InChI is InChI=1S/C17H17N7O5S2.Na/c1-22-17(19-20-21-22)31-8-9-7-30-15-12(14(27)24(15)13(9)16(28)29)18-10-2-4-23(5-3-10)6-11(25)26;/h2-5,12,15H,6-8H2,1H3,(H2,25,26,28,29);/q;+1/p-1/t12-,15-;/m1./s1. The van der Waals surface area contributed by atoms with Crippen LogP contribution in [0.15, 0.2) is 41.0 Å². The van der Waals surface area contributed by atoms with Gasteiger partial charge in [0.1, 0.15) is 17.4 Å². The third-order valence-corrected chi connectivity index (χ3v) is 7.16. The number of aryl methyl sites for hydroxylation is 1. The van der Waals surface area contributed by atoms with E-state index in [2.05, 4.69) is 20.8 Å². The smallest absolute Gasteiger partial charge is 0.544 e. The van der Waals surface area contributed by atoms with E-state index in [0.29, 0.717) is 27.9 Å². The molecule has 2 aliphatic heterocycles. The topological polar surface area (TPSA) is 160 Å². The van der Waals surface area contributed by atoms with Crippen molar-refractivity contribution in [1.29, 1.82) is 0 Å². The van der Waals surface area contributed by atoms with Crippen LogP contribution in [0, 0.1) is 0 Å². The molecule has 2 aromatic heterocycles. The number of tetrazole rings is 1. The number of carboxylic acids is 2. The van der Waals surface area contributed by atoms with Gasteiger partial charge in [0.05, 0.1) is 11.7 Å². The second-order valence-electron chi connectivity index (χ2n) is 6.78. The molecule has 2 aliphatic rings. The summed E-state index contributed by atoms with van der Waals surface area (Å²) in [5.74, 6) is -2.23. The van der Waals surface area contributed by atoms with Crippen molar-refractivity contribution in [2.45, 2.75) is 23.1 Å². The molecule has 1 N–H and O–H groups in total. The summed E-state index contributed by atoms with van der Waals surface area (Å²) in [5.41, 5.74) is 1.08. The Kier molecular flexibility index (Phi) is 7.82. The Bertz CT molecular complexity index is 1080. The molecule has 0 bridgehead atoms. The number of nitrogens with zero attached hydrogens (tertiary/aromatic N) is 6. The van der Waals surface area contributed by atoms with Crippen molar-refractivity contribution in [3.05, 3.63) is 35.8 Å². The summed E-state index contributed by atoms with van der Waals surface area (Å²) in [7, 11) is 1.68. The Balaban J connectivity index is 0.00000289. The van der Waals surface area contributed by atoms with E-state index in [1.54, 1.807) is 31.6 Å². The van der Waals surface area contributed by atoms with Crippen molar-refractivity contribution >= 4 is 47.1 Å². The number of β-lactam (4-membered cyclic amide) rings is 1. The molecule has 0 spiro atoms. The van der Waals surface area contributed by atoms with Crippen molar-refractivity contribution in [3.8, 4) is 0 Å². The van der Waals surface area contributed by atoms with Gasteiger partial charge in [-0.1, -0.05) is 11.8 Å². The van der Waals surface area contributed by atoms with Crippen LogP contribution < -0.4 is 49.7 Å². The van der Waals surface area contributed by atoms with Crippen LogP contribution in [-0.2, 0) is 28.0 Å². The van der Waals surface area contributed by atoms with Crippen LogP contribution in [0.2, 0.25) is 0 Å². The van der Waals surface area contributed by atoms with Crippen LogP contribution in [0.1, 0.15) is 0 Å². The molecule has 1 amide bonds. The number of amides is 1. The summed E-state index contributed by atoms with van der Waals surface area (Å²) < 4.78 is 2.91. The zero-order valence-electron chi connectivity index (χ0n) is 17.1. The molecule has 1 fully saturated rings. The minimum Gasteiger partial charge on any atom is -0.544 e. The fourth-order valence-electron chi connectivity index (χ4n) is 3.27. The van der Waals surface area contributed by atoms with Crippen molar-refractivity contribution in [1.82, 2.24) is 25.1 Å². The molecular formula is C17H16N7NaO5S2. The first-order valence-electron chi connectivity index (χ1n) is 9.04. The molecule has 4 heterocycles. The maximum atomic E-state index is 12.8. The Labute approximate surface area is 212 Å². The van der Waals surface area contributed by atoms with Gasteiger partial charge in [0.25, 0.3) is 5.91 Å². The average molecular weight is 485 g/mol. The summed E-state index contributed by atoms with van der Waals surface area (Å²) >= 11 is 2.74. The van der Waals surface area contributed by atoms with Gasteiger partial charge in [-0.25, -0.2) is 4.68 Å². The number of hydrogen-bond donors (Lipinski definition) is 1. The first kappa shape index (κ1) is 24.5. The van der Waals surface area contributed by atoms with Gasteiger partial charge < -0.3 is 25.1 Å². The number of fused-ring (bicyclic) bond motifs is 1. The van der Waals surface area contributed by atoms with Crippen molar-refractivity contribution in [2.24, 2.45) is 7.05 Å². The van der Waals surface area contributed by atoms with Crippen molar-refractivity contribution in [2.75, 3.05) is 16.8 Å². The molecule has 0 aliphatic carbocycles. The molecule has 2 atom stereocenters. The molecule has 162 valence electrons. The Morgan fingerprint density at radius 3 is 2.66 bits per heavy atom. The van der Waals surface area contributed by atoms with E-state index < -0.39 is 18.0 Å². The number of carboxylic acid groups (broad SMARTS) is 2. The minimum atomic E-state index is -1.40. The maximum absolute atomic E-state index is 12.8. The van der Waals surface area contributed by atoms with Crippen LogP contribution in [0.25, 0.3) is 0 Å². The van der Waals surface area contributed by atoms with Gasteiger partial charge in [0, 0.05) is 36.4 Å². The Morgan fingerprint density at radius 1 is 1.34 bits per heavy atom. The molecule has 1 saturated heterocycles. The van der Waals surface area contributed by atoms with Crippen molar-refractivity contribution in [3.63, 3.8) is 0 Å². The number of hydrogen-bond acceptors (Lipinski definition) is 11. The second kappa shape index (κ2) is 10.2. The largest absolute Gasteiger partial charge is 1.00 e. The molecule has 2 aromatic rings. The van der Waals surface area contributed by atoms with E-state index in [1.807, 2.05) is 0 Å². The number of rotatable bonds is 8. The predicted molar refractivity (Wildman–Crippen MR) is 104 cm³/mol. The molecule has 4 rings (SSSR count). The number of pyridine rings is 1. The normalized spacial score (nSPS) is 19.7. The summed E-state index contributed by atoms with van der Waals surface area (Å²) in [6.07, 6.45) is 3.10. The predicted octanol–water partition coefficient (Wildman–Crippen LogP) is -6.26. The number of anilines is 1. The number of carbonyl (C=O) groups is 3. The summed E-state index contributed by atoms with van der Waals surface area (Å²) in [6.45, 7) is -0.278. The van der Waals surface area contributed by atoms with E-state index in [1.165, 1.54) is 37.7 Å². The minimum absolute atomic E-state index is 0. The van der Waals surface area contributed by atoms with Crippen LogP contribution in [0.4, 0.5) is 5.69 Å². The summed E-state index contributed by atoms with van der Waals surface area (Å²) in [6, 6.07) is 2.67. The van der Waals surface area contributed by atoms with Crippen LogP contribution >= 0.6 is 23.5 Å². The molecule has 32 heavy (non-hydrogen) atoms. The number of aliphatic carboxylic acids is 2. The van der Waals surface area contributed by atoms with Gasteiger partial charge >= 0.3 is 29.6 Å². The number of aromatic nitrogens is 5. The molecular weight excluding hydrogens is 469 g/mol. The van der Waals surface area contributed by atoms with E-state index in [4.69, 9.17) is 0 Å². The average Bonchev–Trinajstić information content (AvgIpc) is 3.15.